The molecule has 0 aromatic heterocycles. The molecule has 2 saturated heterocycles. The molecule has 0 atom stereocenters. The van der Waals surface area contributed by atoms with Crippen LogP contribution in [-0.4, -0.2) is 52.8 Å². The molecule has 1 spiro atoms. The molecule has 0 aliphatic carbocycles. The lowest BCUT2D eigenvalue weighted by molar-refractivity contribution is -0.137. The summed E-state index contributed by atoms with van der Waals surface area (Å²) < 4.78 is 38.3. The summed E-state index contributed by atoms with van der Waals surface area (Å²) in [5, 5.41) is 2.82. The number of benzene rings is 2. The predicted molar refractivity (Wildman–Crippen MR) is 122 cm³/mol. The minimum atomic E-state index is -4.44. The smallest absolute Gasteiger partial charge is 0.366 e. The molecule has 0 unspecified atom stereocenters. The van der Waals surface area contributed by atoms with Crippen molar-refractivity contribution in [2.75, 3.05) is 19.6 Å². The lowest BCUT2D eigenvalue weighted by Crippen LogP contribution is -2.55. The Morgan fingerprint density at radius 1 is 1.06 bits per heavy atom. The van der Waals surface area contributed by atoms with Crippen molar-refractivity contribution in [2.24, 2.45) is 5.73 Å². The molecular weight excluding hydrogens is 461 g/mol. The first-order valence-corrected chi connectivity index (χ1v) is 11.3. The van der Waals surface area contributed by atoms with Gasteiger partial charge in [0.25, 0.3) is 5.91 Å². The van der Waals surface area contributed by atoms with E-state index < -0.39 is 29.2 Å². The maximum absolute atomic E-state index is 13.1. The number of likely N-dealkylation sites (tertiary alicyclic amines) is 1. The SMILES string of the molecule is NC(=O)c1ccccc1[CH]CCN1CCC2(CC1)NC(=O)N(Cc1ccc(C(F)(F)F)cc1)C2=O. The molecule has 35 heavy (non-hydrogen) atoms. The fourth-order valence-corrected chi connectivity index (χ4v) is 4.60. The van der Waals surface area contributed by atoms with E-state index in [-0.39, 0.29) is 12.5 Å². The lowest BCUT2D eigenvalue weighted by atomic mass is 9.87. The van der Waals surface area contributed by atoms with Crippen molar-refractivity contribution in [3.05, 3.63) is 77.2 Å². The highest BCUT2D eigenvalue weighted by Gasteiger charge is 2.52. The molecule has 2 aromatic rings. The third kappa shape index (κ3) is 5.32. The van der Waals surface area contributed by atoms with Crippen LogP contribution in [0.2, 0.25) is 0 Å². The van der Waals surface area contributed by atoms with Crippen molar-refractivity contribution in [1.82, 2.24) is 15.1 Å². The van der Waals surface area contributed by atoms with Gasteiger partial charge in [0, 0.05) is 18.7 Å². The van der Waals surface area contributed by atoms with Crippen molar-refractivity contribution in [3.8, 4) is 0 Å². The zero-order chi connectivity index (χ0) is 25.2. The highest BCUT2D eigenvalue weighted by atomic mass is 19.4. The number of nitrogens with zero attached hydrogens (tertiary/aromatic N) is 2. The number of halogens is 3. The Morgan fingerprint density at radius 2 is 1.71 bits per heavy atom. The zero-order valence-electron chi connectivity index (χ0n) is 19.0. The van der Waals surface area contributed by atoms with Gasteiger partial charge in [-0.1, -0.05) is 30.3 Å². The standard InChI is InChI=1S/C25H26F3N4O3/c26-25(27,28)19-9-7-17(8-10-19)16-32-22(34)24(30-23(32)35)11-14-31(15-12-24)13-3-5-18-4-1-2-6-20(18)21(29)33/h1-2,4-10H,3,11-16H2,(H2,29,33)(H,30,35). The molecule has 4 amide bonds. The zero-order valence-corrected chi connectivity index (χ0v) is 19.0. The van der Waals surface area contributed by atoms with Gasteiger partial charge in [0.1, 0.15) is 5.54 Å². The van der Waals surface area contributed by atoms with Gasteiger partial charge in [-0.05, 0) is 61.6 Å². The van der Waals surface area contributed by atoms with Gasteiger partial charge in [0.2, 0.25) is 5.91 Å². The fourth-order valence-electron chi connectivity index (χ4n) is 4.60. The Bertz CT molecular complexity index is 1110. The van der Waals surface area contributed by atoms with Crippen LogP contribution in [0.5, 0.6) is 0 Å². The number of carbonyl (C=O) groups excluding carboxylic acids is 3. The van der Waals surface area contributed by atoms with E-state index in [1.54, 1.807) is 12.1 Å². The first-order chi connectivity index (χ1) is 16.6. The van der Waals surface area contributed by atoms with Gasteiger partial charge in [0.15, 0.2) is 0 Å². The van der Waals surface area contributed by atoms with E-state index in [1.807, 2.05) is 18.6 Å². The second kappa shape index (κ2) is 9.69. The van der Waals surface area contributed by atoms with Gasteiger partial charge in [-0.15, -0.1) is 0 Å². The number of primary amides is 1. The number of hydrogen-bond acceptors (Lipinski definition) is 4. The Morgan fingerprint density at radius 3 is 2.34 bits per heavy atom. The van der Waals surface area contributed by atoms with Gasteiger partial charge < -0.3 is 16.0 Å². The monoisotopic (exact) mass is 487 g/mol. The van der Waals surface area contributed by atoms with Crippen LogP contribution in [-0.2, 0) is 17.5 Å². The first kappa shape index (κ1) is 24.7. The number of amides is 4. The first-order valence-electron chi connectivity index (χ1n) is 11.3. The molecule has 3 N–H and O–H groups in total. The molecule has 4 rings (SSSR count). The number of rotatable bonds is 7. The van der Waals surface area contributed by atoms with E-state index >= 15 is 0 Å². The number of urea groups is 1. The average Bonchev–Trinajstić information content (AvgIpc) is 3.04. The Balaban J connectivity index is 1.30. The second-order valence-corrected chi connectivity index (χ2v) is 8.88. The van der Waals surface area contributed by atoms with Crippen LogP contribution in [0.3, 0.4) is 0 Å². The minimum Gasteiger partial charge on any atom is -0.366 e. The number of nitrogens with one attached hydrogen (secondary N) is 1. The van der Waals surface area contributed by atoms with Crippen LogP contribution in [0.1, 0.15) is 46.3 Å². The Labute approximate surface area is 201 Å². The fraction of sp³-hybridized carbons (Fsp3) is 0.360. The topological polar surface area (TPSA) is 95.7 Å². The van der Waals surface area contributed by atoms with Gasteiger partial charge in [-0.25, -0.2) is 4.79 Å². The molecule has 2 heterocycles. The van der Waals surface area contributed by atoms with Crippen LogP contribution in [0.15, 0.2) is 48.5 Å². The molecule has 1 radical (unpaired) electrons. The summed E-state index contributed by atoms with van der Waals surface area (Å²) in [6, 6.07) is 11.0. The number of nitrogens with two attached hydrogens (primary N) is 1. The Hall–Kier alpha value is -3.40. The Kier molecular flexibility index (Phi) is 6.84. The van der Waals surface area contributed by atoms with Gasteiger partial charge in [-0.2, -0.15) is 13.2 Å². The van der Waals surface area contributed by atoms with E-state index in [2.05, 4.69) is 10.2 Å². The molecule has 2 aliphatic rings. The molecule has 2 aromatic carbocycles. The molecule has 10 heteroatoms. The van der Waals surface area contributed by atoms with Crippen molar-refractivity contribution < 1.29 is 27.6 Å². The van der Waals surface area contributed by atoms with Crippen molar-refractivity contribution in [2.45, 2.75) is 37.5 Å². The molecule has 2 aliphatic heterocycles. The molecular formula is C25H26F3N4O3. The summed E-state index contributed by atoms with van der Waals surface area (Å²) in [5.74, 6) is -0.822. The van der Waals surface area contributed by atoms with Gasteiger partial charge in [-0.3, -0.25) is 14.5 Å². The summed E-state index contributed by atoms with van der Waals surface area (Å²) in [7, 11) is 0. The van der Waals surface area contributed by atoms with E-state index in [0.29, 0.717) is 43.5 Å². The lowest BCUT2D eigenvalue weighted by Gasteiger charge is -2.37. The van der Waals surface area contributed by atoms with E-state index in [1.165, 1.54) is 12.1 Å². The van der Waals surface area contributed by atoms with E-state index in [9.17, 15) is 27.6 Å². The highest BCUT2D eigenvalue weighted by molar-refractivity contribution is 6.07. The maximum atomic E-state index is 13.1. The van der Waals surface area contributed by atoms with Gasteiger partial charge in [0.05, 0.1) is 12.1 Å². The number of imide groups is 1. The number of hydrogen-bond donors (Lipinski definition) is 2. The summed E-state index contributed by atoms with van der Waals surface area (Å²) in [6.45, 7) is 1.85. The van der Waals surface area contributed by atoms with Crippen LogP contribution in [0.25, 0.3) is 0 Å². The minimum absolute atomic E-state index is 0.0809. The number of piperidine rings is 1. The van der Waals surface area contributed by atoms with Crippen LogP contribution in [0, 0.1) is 6.42 Å². The molecule has 2 fully saturated rings. The summed E-state index contributed by atoms with van der Waals surface area (Å²) in [4.78, 5) is 40.5. The molecule has 0 saturated carbocycles. The van der Waals surface area contributed by atoms with Crippen LogP contribution >= 0.6 is 0 Å². The average molecular weight is 488 g/mol. The largest absolute Gasteiger partial charge is 0.416 e. The van der Waals surface area contributed by atoms with E-state index in [4.69, 9.17) is 5.73 Å². The molecule has 7 nitrogen and oxygen atoms in total. The van der Waals surface area contributed by atoms with E-state index in [0.717, 1.165) is 29.1 Å². The predicted octanol–water partition coefficient (Wildman–Crippen LogP) is 3.33. The van der Waals surface area contributed by atoms with Crippen LogP contribution < -0.4 is 11.1 Å². The highest BCUT2D eigenvalue weighted by Crippen LogP contribution is 2.32. The summed E-state index contributed by atoms with van der Waals surface area (Å²) in [5.41, 5.74) is 5.35. The molecule has 185 valence electrons. The summed E-state index contributed by atoms with van der Waals surface area (Å²) in [6.07, 6.45) is -0.908. The number of carbonyl (C=O) groups is 3. The third-order valence-electron chi connectivity index (χ3n) is 6.61. The van der Waals surface area contributed by atoms with Crippen molar-refractivity contribution in [3.63, 3.8) is 0 Å². The van der Waals surface area contributed by atoms with Crippen LogP contribution in [0.4, 0.5) is 18.0 Å². The second-order valence-electron chi connectivity index (χ2n) is 8.88. The molecule has 0 bridgehead atoms. The normalized spacial score (nSPS) is 18.2. The van der Waals surface area contributed by atoms with Crippen molar-refractivity contribution >= 4 is 17.8 Å². The quantitative estimate of drug-likeness (QED) is 0.586. The number of alkyl halides is 3. The van der Waals surface area contributed by atoms with Gasteiger partial charge >= 0.3 is 12.2 Å². The van der Waals surface area contributed by atoms with Crippen molar-refractivity contribution in [1.29, 1.82) is 0 Å². The summed E-state index contributed by atoms with van der Waals surface area (Å²) >= 11 is 0. The third-order valence-corrected chi connectivity index (χ3v) is 6.61. The maximum Gasteiger partial charge on any atom is 0.416 e.